The van der Waals surface area contributed by atoms with E-state index in [0.717, 1.165) is 5.56 Å². The number of fused-ring (bicyclic) bond motifs is 1. The van der Waals surface area contributed by atoms with Gasteiger partial charge in [0, 0.05) is 6.20 Å². The van der Waals surface area contributed by atoms with Crippen molar-refractivity contribution in [1.29, 1.82) is 0 Å². The fourth-order valence-corrected chi connectivity index (χ4v) is 4.70. The third-order valence-corrected chi connectivity index (χ3v) is 6.30. The van der Waals surface area contributed by atoms with Gasteiger partial charge in [-0.2, -0.15) is 0 Å². The maximum Gasteiger partial charge on any atom is 0.338 e. The summed E-state index contributed by atoms with van der Waals surface area (Å²) >= 11 is 1.29. The van der Waals surface area contributed by atoms with Crippen LogP contribution in [0.4, 0.5) is 0 Å². The quantitative estimate of drug-likeness (QED) is 0.593. The number of carbonyl (C=O) groups is 1. The molecule has 0 spiro atoms. The van der Waals surface area contributed by atoms with E-state index in [2.05, 4.69) is 23.8 Å². The number of rotatable bonds is 4. The Hall–Kier alpha value is -3.32. The van der Waals surface area contributed by atoms with Gasteiger partial charge in [0.25, 0.3) is 5.56 Å². The van der Waals surface area contributed by atoms with Crippen LogP contribution in [0, 0.1) is 0 Å². The summed E-state index contributed by atoms with van der Waals surface area (Å²) in [5.74, 6) is -0.107. The van der Waals surface area contributed by atoms with Gasteiger partial charge in [-0.3, -0.25) is 14.3 Å². The summed E-state index contributed by atoms with van der Waals surface area (Å²) in [6.07, 6.45) is 3.43. The fraction of sp³-hybridized carbons (Fsp3) is 0.250. The Kier molecular flexibility index (Phi) is 5.69. The van der Waals surface area contributed by atoms with Crippen molar-refractivity contribution in [3.05, 3.63) is 96.4 Å². The summed E-state index contributed by atoms with van der Waals surface area (Å²) < 4.78 is 7.14. The SMILES string of the molecule is COC(=O)C1=C(C)N=c2sc(=Cc3ccccn3)c(=O)n2[C@H]1c1ccc(C(C)C)cc1. The average Bonchev–Trinajstić information content (AvgIpc) is 3.07. The summed E-state index contributed by atoms with van der Waals surface area (Å²) in [6.45, 7) is 6.02. The molecule has 0 amide bonds. The predicted octanol–water partition coefficient (Wildman–Crippen LogP) is 2.93. The molecule has 0 bridgehead atoms. The van der Waals surface area contributed by atoms with Gasteiger partial charge in [-0.05, 0) is 42.2 Å². The Labute approximate surface area is 183 Å². The van der Waals surface area contributed by atoms with Crippen molar-refractivity contribution in [3.8, 4) is 0 Å². The van der Waals surface area contributed by atoms with Gasteiger partial charge in [0.1, 0.15) is 0 Å². The minimum absolute atomic E-state index is 0.207. The minimum Gasteiger partial charge on any atom is -0.466 e. The first kappa shape index (κ1) is 20.9. The standard InChI is InChI=1S/C24H23N3O3S/c1-14(2)16-8-10-17(11-9-16)21-20(23(29)30-4)15(3)26-24-27(21)22(28)19(31-24)13-18-7-5-6-12-25-18/h5-14,21H,1-4H3/t21-/m0/s1. The largest absolute Gasteiger partial charge is 0.466 e. The molecule has 0 N–H and O–H groups in total. The lowest BCUT2D eigenvalue weighted by atomic mass is 9.93. The molecule has 0 radical (unpaired) electrons. The number of nitrogens with zero attached hydrogens (tertiary/aromatic N) is 3. The molecule has 4 rings (SSSR count). The van der Waals surface area contributed by atoms with Crippen LogP contribution in [0.25, 0.3) is 6.08 Å². The summed E-state index contributed by atoms with van der Waals surface area (Å²) in [4.78, 5) is 35.5. The zero-order valence-corrected chi connectivity index (χ0v) is 18.6. The summed E-state index contributed by atoms with van der Waals surface area (Å²) in [6, 6.07) is 12.9. The Bertz CT molecular complexity index is 1330. The first-order valence-corrected chi connectivity index (χ1v) is 10.8. The number of methoxy groups -OCH3 is 1. The van der Waals surface area contributed by atoms with E-state index in [1.165, 1.54) is 24.0 Å². The van der Waals surface area contributed by atoms with Gasteiger partial charge < -0.3 is 4.74 Å². The van der Waals surface area contributed by atoms with Crippen molar-refractivity contribution in [1.82, 2.24) is 9.55 Å². The van der Waals surface area contributed by atoms with Gasteiger partial charge in [0.15, 0.2) is 4.80 Å². The molecule has 1 aromatic carbocycles. The highest BCUT2D eigenvalue weighted by atomic mass is 32.1. The predicted molar refractivity (Wildman–Crippen MR) is 121 cm³/mol. The molecule has 0 saturated carbocycles. The van der Waals surface area contributed by atoms with Crippen LogP contribution in [0.5, 0.6) is 0 Å². The van der Waals surface area contributed by atoms with Crippen LogP contribution in [-0.2, 0) is 9.53 Å². The molecule has 0 saturated heterocycles. The lowest BCUT2D eigenvalue weighted by Gasteiger charge is -2.24. The second kappa shape index (κ2) is 8.43. The van der Waals surface area contributed by atoms with E-state index in [9.17, 15) is 9.59 Å². The van der Waals surface area contributed by atoms with Crippen molar-refractivity contribution in [3.63, 3.8) is 0 Å². The number of hydrogen-bond acceptors (Lipinski definition) is 6. The number of ether oxygens (including phenoxy) is 1. The first-order chi connectivity index (χ1) is 14.9. The Morgan fingerprint density at radius 1 is 1.19 bits per heavy atom. The molecule has 0 fully saturated rings. The highest BCUT2D eigenvalue weighted by molar-refractivity contribution is 7.07. The normalized spacial score (nSPS) is 16.3. The number of hydrogen-bond donors (Lipinski definition) is 0. The molecule has 3 heterocycles. The molecule has 31 heavy (non-hydrogen) atoms. The lowest BCUT2D eigenvalue weighted by molar-refractivity contribution is -0.136. The number of pyridine rings is 1. The van der Waals surface area contributed by atoms with E-state index in [-0.39, 0.29) is 5.56 Å². The molecule has 3 aromatic rings. The van der Waals surface area contributed by atoms with Crippen LogP contribution < -0.4 is 14.9 Å². The smallest absolute Gasteiger partial charge is 0.338 e. The number of thiazole rings is 1. The molecule has 7 heteroatoms. The van der Waals surface area contributed by atoms with Crippen molar-refractivity contribution < 1.29 is 9.53 Å². The average molecular weight is 434 g/mol. The molecule has 0 unspecified atom stereocenters. The summed E-state index contributed by atoms with van der Waals surface area (Å²) in [5, 5.41) is 0. The van der Waals surface area contributed by atoms with Gasteiger partial charge >= 0.3 is 5.97 Å². The van der Waals surface area contributed by atoms with Gasteiger partial charge in [-0.1, -0.05) is 55.5 Å². The topological polar surface area (TPSA) is 73.6 Å². The molecule has 0 aliphatic carbocycles. The third kappa shape index (κ3) is 3.88. The number of esters is 1. The number of benzene rings is 1. The van der Waals surface area contributed by atoms with Gasteiger partial charge in [0.2, 0.25) is 0 Å². The zero-order chi connectivity index (χ0) is 22.1. The molecule has 2 aromatic heterocycles. The summed E-state index contributed by atoms with van der Waals surface area (Å²) in [5.41, 5.74) is 3.43. The van der Waals surface area contributed by atoms with E-state index in [1.807, 2.05) is 42.5 Å². The van der Waals surface area contributed by atoms with E-state index in [4.69, 9.17) is 4.74 Å². The highest BCUT2D eigenvalue weighted by Gasteiger charge is 2.33. The van der Waals surface area contributed by atoms with Crippen molar-refractivity contribution in [2.75, 3.05) is 7.11 Å². The van der Waals surface area contributed by atoms with Gasteiger partial charge in [0.05, 0.1) is 34.6 Å². The molecule has 158 valence electrons. The van der Waals surface area contributed by atoms with Crippen LogP contribution in [-0.4, -0.2) is 22.6 Å². The van der Waals surface area contributed by atoms with E-state index in [1.54, 1.807) is 23.8 Å². The van der Waals surface area contributed by atoms with E-state index < -0.39 is 12.0 Å². The molecular formula is C24H23N3O3S. The maximum atomic E-state index is 13.4. The third-order valence-electron chi connectivity index (χ3n) is 5.31. The van der Waals surface area contributed by atoms with Crippen LogP contribution in [0.3, 0.4) is 0 Å². The number of aromatic nitrogens is 2. The minimum atomic E-state index is -0.601. The zero-order valence-electron chi connectivity index (χ0n) is 17.8. The molecule has 1 atom stereocenters. The van der Waals surface area contributed by atoms with E-state index >= 15 is 0 Å². The Balaban J connectivity index is 1.95. The van der Waals surface area contributed by atoms with Crippen molar-refractivity contribution in [2.45, 2.75) is 32.7 Å². The van der Waals surface area contributed by atoms with Crippen LogP contribution in [0.2, 0.25) is 0 Å². The Morgan fingerprint density at radius 3 is 2.55 bits per heavy atom. The second-order valence-corrected chi connectivity index (χ2v) is 8.66. The molecule has 1 aliphatic heterocycles. The molecular weight excluding hydrogens is 410 g/mol. The monoisotopic (exact) mass is 433 g/mol. The maximum absolute atomic E-state index is 13.4. The lowest BCUT2D eigenvalue weighted by Crippen LogP contribution is -2.39. The van der Waals surface area contributed by atoms with Crippen LogP contribution >= 0.6 is 11.3 Å². The number of allylic oxidation sites excluding steroid dienone is 1. The van der Waals surface area contributed by atoms with Crippen LogP contribution in [0.1, 0.15) is 49.6 Å². The summed E-state index contributed by atoms with van der Waals surface area (Å²) in [7, 11) is 1.34. The Morgan fingerprint density at radius 2 is 1.94 bits per heavy atom. The molecule has 6 nitrogen and oxygen atoms in total. The number of carbonyl (C=O) groups excluding carboxylic acids is 1. The first-order valence-electron chi connectivity index (χ1n) is 10.0. The van der Waals surface area contributed by atoms with E-state index in [0.29, 0.717) is 32.2 Å². The highest BCUT2D eigenvalue weighted by Crippen LogP contribution is 2.31. The van der Waals surface area contributed by atoms with Gasteiger partial charge in [-0.25, -0.2) is 9.79 Å². The second-order valence-electron chi connectivity index (χ2n) is 7.65. The molecule has 1 aliphatic rings. The van der Waals surface area contributed by atoms with Crippen LogP contribution in [0.15, 0.2) is 69.7 Å². The van der Waals surface area contributed by atoms with Gasteiger partial charge in [-0.15, -0.1) is 0 Å². The fourth-order valence-electron chi connectivity index (χ4n) is 3.67. The van der Waals surface area contributed by atoms with Crippen molar-refractivity contribution in [2.24, 2.45) is 4.99 Å². The van der Waals surface area contributed by atoms with Crippen molar-refractivity contribution >= 4 is 23.4 Å².